The van der Waals surface area contributed by atoms with Crippen LogP contribution in [-0.2, 0) is 0 Å². The van der Waals surface area contributed by atoms with Gasteiger partial charge >= 0.3 is 0 Å². The Morgan fingerprint density at radius 2 is 2.57 bits per heavy atom. The zero-order valence-electron chi connectivity index (χ0n) is 3.50. The fraction of sp³-hybridized carbons (Fsp3) is 0. The van der Waals surface area contributed by atoms with Crippen LogP contribution in [0.4, 0.5) is 0 Å². The van der Waals surface area contributed by atoms with Crippen LogP contribution in [0.2, 0.25) is 0 Å². The first-order valence-corrected chi connectivity index (χ1v) is 2.21. The normalized spacial score (nSPS) is 8.71. The highest BCUT2D eigenvalue weighted by molar-refractivity contribution is 7.80. The lowest BCUT2D eigenvalue weighted by atomic mass is 10.8. The Morgan fingerprint density at radius 1 is 1.71 bits per heavy atom. The number of rotatable bonds is 0. The second-order valence-electron chi connectivity index (χ2n) is 1.01. The van der Waals surface area contributed by atoms with Crippen molar-refractivity contribution in [2.24, 2.45) is 0 Å². The minimum Gasteiger partial charge on any atom is -0.260 e. The Kier molecular flexibility index (Phi) is 1.26. The van der Waals surface area contributed by atoms with Crippen molar-refractivity contribution in [2.45, 2.75) is 5.03 Å². The molecular weight excluding hydrogens is 108 g/mol. The van der Waals surface area contributed by atoms with E-state index in [4.69, 9.17) is 0 Å². The van der Waals surface area contributed by atoms with Crippen LogP contribution < -0.4 is 0 Å². The molecule has 35 valence electrons. The molecule has 3 heteroatoms. The van der Waals surface area contributed by atoms with Crippen LogP contribution in [0.1, 0.15) is 0 Å². The number of thiol groups is 1. The van der Waals surface area contributed by atoms with E-state index in [1.807, 2.05) is 0 Å². The molecule has 0 aliphatic heterocycles. The fourth-order valence-electron chi connectivity index (χ4n) is 0.261. The molecule has 1 aromatic rings. The first kappa shape index (κ1) is 4.59. The minimum atomic E-state index is 0.600. The quantitative estimate of drug-likeness (QED) is 0.495. The molecular formula is C4H3N2S. The highest BCUT2D eigenvalue weighted by Gasteiger charge is 1.76. The van der Waals surface area contributed by atoms with Crippen molar-refractivity contribution in [2.75, 3.05) is 0 Å². The van der Waals surface area contributed by atoms with Gasteiger partial charge in [-0.25, -0.2) is 4.98 Å². The SMILES string of the molecule is Sc1cnc[c]n1. The smallest absolute Gasteiger partial charge is 0.112 e. The van der Waals surface area contributed by atoms with Crippen molar-refractivity contribution in [3.05, 3.63) is 18.6 Å². The van der Waals surface area contributed by atoms with Gasteiger partial charge < -0.3 is 0 Å². The van der Waals surface area contributed by atoms with Gasteiger partial charge in [0, 0.05) is 0 Å². The molecule has 0 saturated heterocycles. The molecule has 0 aliphatic rings. The van der Waals surface area contributed by atoms with Crippen molar-refractivity contribution >= 4 is 12.6 Å². The van der Waals surface area contributed by atoms with E-state index in [9.17, 15) is 0 Å². The van der Waals surface area contributed by atoms with Crippen LogP contribution in [-0.4, -0.2) is 9.97 Å². The highest BCUT2D eigenvalue weighted by Crippen LogP contribution is 1.91. The lowest BCUT2D eigenvalue weighted by Gasteiger charge is -1.79. The first-order valence-electron chi connectivity index (χ1n) is 1.76. The molecule has 2 nitrogen and oxygen atoms in total. The largest absolute Gasteiger partial charge is 0.260 e. The van der Waals surface area contributed by atoms with Gasteiger partial charge in [-0.3, -0.25) is 4.98 Å². The summed E-state index contributed by atoms with van der Waals surface area (Å²) in [6.45, 7) is 0. The molecule has 1 aromatic heterocycles. The molecule has 0 unspecified atom stereocenters. The van der Waals surface area contributed by atoms with Gasteiger partial charge in [-0.15, -0.1) is 12.6 Å². The second kappa shape index (κ2) is 1.93. The van der Waals surface area contributed by atoms with E-state index in [2.05, 4.69) is 28.8 Å². The van der Waals surface area contributed by atoms with Crippen molar-refractivity contribution in [3.8, 4) is 0 Å². The third kappa shape index (κ3) is 1.16. The van der Waals surface area contributed by atoms with Gasteiger partial charge in [-0.1, -0.05) is 0 Å². The van der Waals surface area contributed by atoms with Gasteiger partial charge in [0.2, 0.25) is 0 Å². The zero-order chi connectivity index (χ0) is 5.11. The molecule has 0 atom stereocenters. The van der Waals surface area contributed by atoms with E-state index in [-0.39, 0.29) is 0 Å². The van der Waals surface area contributed by atoms with Crippen LogP contribution in [0.15, 0.2) is 17.4 Å². The molecule has 0 aliphatic carbocycles. The Bertz CT molecular complexity index is 140. The van der Waals surface area contributed by atoms with Gasteiger partial charge in [0.05, 0.1) is 12.4 Å². The van der Waals surface area contributed by atoms with Crippen molar-refractivity contribution in [3.63, 3.8) is 0 Å². The van der Waals surface area contributed by atoms with Gasteiger partial charge in [0.1, 0.15) is 11.2 Å². The van der Waals surface area contributed by atoms with Crippen LogP contribution in [0.3, 0.4) is 0 Å². The summed E-state index contributed by atoms with van der Waals surface area (Å²) in [6.07, 6.45) is 5.56. The van der Waals surface area contributed by atoms with Crippen LogP contribution in [0, 0.1) is 6.20 Å². The van der Waals surface area contributed by atoms with E-state index < -0.39 is 0 Å². The number of nitrogens with zero attached hydrogens (tertiary/aromatic N) is 2. The summed E-state index contributed by atoms with van der Waals surface area (Å²) in [4.78, 5) is 7.35. The van der Waals surface area contributed by atoms with E-state index in [0.29, 0.717) is 5.03 Å². The molecule has 0 aromatic carbocycles. The predicted molar refractivity (Wildman–Crippen MR) is 28.1 cm³/mol. The summed E-state index contributed by atoms with van der Waals surface area (Å²) in [7, 11) is 0. The van der Waals surface area contributed by atoms with E-state index in [1.165, 1.54) is 6.20 Å². The summed E-state index contributed by atoms with van der Waals surface area (Å²) >= 11 is 3.88. The summed E-state index contributed by atoms with van der Waals surface area (Å²) in [5.41, 5.74) is 0. The Balaban J connectivity index is 3.02. The summed E-state index contributed by atoms with van der Waals surface area (Å²) in [5, 5.41) is 0.600. The van der Waals surface area contributed by atoms with Gasteiger partial charge in [-0.2, -0.15) is 0 Å². The van der Waals surface area contributed by atoms with Crippen LogP contribution in [0.5, 0.6) is 0 Å². The highest BCUT2D eigenvalue weighted by atomic mass is 32.1. The van der Waals surface area contributed by atoms with Gasteiger partial charge in [0.15, 0.2) is 0 Å². The number of hydrogen-bond donors (Lipinski definition) is 1. The maximum atomic E-state index is 3.88. The summed E-state index contributed by atoms with van der Waals surface area (Å²) < 4.78 is 0. The maximum absolute atomic E-state index is 3.88. The van der Waals surface area contributed by atoms with Crippen LogP contribution >= 0.6 is 12.6 Å². The number of aromatic nitrogens is 2. The summed E-state index contributed by atoms with van der Waals surface area (Å²) in [5.74, 6) is 0. The van der Waals surface area contributed by atoms with Crippen molar-refractivity contribution < 1.29 is 0 Å². The van der Waals surface area contributed by atoms with Gasteiger partial charge in [0.25, 0.3) is 0 Å². The van der Waals surface area contributed by atoms with E-state index in [1.54, 1.807) is 6.20 Å². The molecule has 0 spiro atoms. The molecule has 1 heterocycles. The lowest BCUT2D eigenvalue weighted by Crippen LogP contribution is -1.74. The van der Waals surface area contributed by atoms with Crippen molar-refractivity contribution in [1.82, 2.24) is 9.97 Å². The minimum absolute atomic E-state index is 0.600. The van der Waals surface area contributed by atoms with Crippen molar-refractivity contribution in [1.29, 1.82) is 0 Å². The average molecular weight is 111 g/mol. The third-order valence-corrected chi connectivity index (χ3v) is 0.717. The second-order valence-corrected chi connectivity index (χ2v) is 1.46. The molecule has 7 heavy (non-hydrogen) atoms. The monoisotopic (exact) mass is 111 g/mol. The molecule has 0 saturated carbocycles. The zero-order valence-corrected chi connectivity index (χ0v) is 4.39. The van der Waals surface area contributed by atoms with E-state index >= 15 is 0 Å². The average Bonchev–Trinajstić information content (AvgIpc) is 1.69. The standard InChI is InChI=1S/C4H3N2S/c7-4-3-5-1-2-6-4/h1,3H,(H,6,7). The molecule has 0 fully saturated rings. The number of hydrogen-bond acceptors (Lipinski definition) is 3. The molecule has 0 amide bonds. The molecule has 0 bridgehead atoms. The Labute approximate surface area is 47.0 Å². The molecule has 1 radical (unpaired) electrons. The Hall–Kier alpha value is -0.570. The molecule has 1 rings (SSSR count). The van der Waals surface area contributed by atoms with Crippen LogP contribution in [0.25, 0.3) is 0 Å². The lowest BCUT2D eigenvalue weighted by molar-refractivity contribution is 1.05. The van der Waals surface area contributed by atoms with E-state index in [0.717, 1.165) is 0 Å². The fourth-order valence-corrected chi connectivity index (χ4v) is 0.386. The first-order chi connectivity index (χ1) is 3.39. The summed E-state index contributed by atoms with van der Waals surface area (Å²) in [6, 6.07) is 0. The third-order valence-electron chi connectivity index (χ3n) is 0.501. The van der Waals surface area contributed by atoms with Gasteiger partial charge in [-0.05, 0) is 0 Å². The predicted octanol–water partition coefficient (Wildman–Crippen LogP) is 0.565. The Morgan fingerprint density at radius 3 is 2.86 bits per heavy atom. The topological polar surface area (TPSA) is 25.8 Å². The molecule has 0 N–H and O–H groups in total. The maximum Gasteiger partial charge on any atom is 0.112 e.